The summed E-state index contributed by atoms with van der Waals surface area (Å²) in [6.45, 7) is 6.40. The number of hydrogen-bond acceptors (Lipinski definition) is 3. The van der Waals surface area contributed by atoms with Gasteiger partial charge in [-0.2, -0.15) is 0 Å². The molecule has 0 aliphatic heterocycles. The molecule has 1 aromatic carbocycles. The summed E-state index contributed by atoms with van der Waals surface area (Å²) in [5, 5.41) is 9.00. The van der Waals surface area contributed by atoms with Crippen LogP contribution in [-0.2, 0) is 6.54 Å². The second kappa shape index (κ2) is 5.41. The Labute approximate surface area is 118 Å². The topological polar surface area (TPSA) is 53.7 Å². The molecule has 0 aliphatic rings. The van der Waals surface area contributed by atoms with Crippen LogP contribution in [0.25, 0.3) is 0 Å². The Kier molecular flexibility index (Phi) is 3.84. The smallest absolute Gasteiger partial charge is 0.372 e. The molecule has 0 fully saturated rings. The predicted molar refractivity (Wildman–Crippen MR) is 78.4 cm³/mol. The van der Waals surface area contributed by atoms with Crippen molar-refractivity contribution in [2.45, 2.75) is 27.3 Å². The molecule has 1 heterocycles. The van der Waals surface area contributed by atoms with Gasteiger partial charge >= 0.3 is 5.97 Å². The first-order chi connectivity index (χ1) is 9.36. The molecule has 0 spiro atoms. The number of anilines is 1. The molecule has 106 valence electrons. The van der Waals surface area contributed by atoms with Crippen molar-refractivity contribution in [1.29, 1.82) is 0 Å². The highest BCUT2D eigenvalue weighted by molar-refractivity contribution is 5.86. The molecular weight excluding hydrogens is 254 g/mol. The molecule has 0 saturated heterocycles. The summed E-state index contributed by atoms with van der Waals surface area (Å²) in [6.07, 6.45) is 0. The lowest BCUT2D eigenvalue weighted by molar-refractivity contribution is 0.0659. The van der Waals surface area contributed by atoms with Crippen molar-refractivity contribution in [3.8, 4) is 0 Å². The summed E-state index contributed by atoms with van der Waals surface area (Å²) < 4.78 is 5.39. The summed E-state index contributed by atoms with van der Waals surface area (Å²) >= 11 is 0. The van der Waals surface area contributed by atoms with Crippen molar-refractivity contribution in [1.82, 2.24) is 0 Å². The maximum Gasteiger partial charge on any atom is 0.372 e. The molecule has 0 saturated carbocycles. The van der Waals surface area contributed by atoms with E-state index in [4.69, 9.17) is 9.52 Å². The minimum absolute atomic E-state index is 0.0221. The summed E-state index contributed by atoms with van der Waals surface area (Å²) in [6, 6.07) is 8.10. The number of carboxylic acid groups (broad SMARTS) is 1. The van der Waals surface area contributed by atoms with Gasteiger partial charge < -0.3 is 14.4 Å². The van der Waals surface area contributed by atoms with Gasteiger partial charge in [0.25, 0.3) is 0 Å². The Bertz CT molecular complexity index is 623. The Morgan fingerprint density at radius 1 is 1.15 bits per heavy atom. The first kappa shape index (κ1) is 14.2. The van der Waals surface area contributed by atoms with Gasteiger partial charge in [0.1, 0.15) is 5.76 Å². The van der Waals surface area contributed by atoms with Gasteiger partial charge in [0.05, 0.1) is 6.54 Å². The van der Waals surface area contributed by atoms with E-state index in [1.54, 1.807) is 13.0 Å². The molecule has 0 unspecified atom stereocenters. The van der Waals surface area contributed by atoms with Crippen LogP contribution in [0.15, 0.2) is 28.7 Å². The number of rotatable bonds is 4. The van der Waals surface area contributed by atoms with Crippen molar-refractivity contribution in [2.75, 3.05) is 11.9 Å². The van der Waals surface area contributed by atoms with Gasteiger partial charge in [-0.05, 0) is 50.1 Å². The zero-order valence-electron chi connectivity index (χ0n) is 12.2. The third-order valence-electron chi connectivity index (χ3n) is 3.20. The van der Waals surface area contributed by atoms with Gasteiger partial charge in [-0.1, -0.05) is 6.07 Å². The number of aromatic carboxylic acids is 1. The monoisotopic (exact) mass is 273 g/mol. The Morgan fingerprint density at radius 2 is 1.75 bits per heavy atom. The Balaban J connectivity index is 2.21. The number of aryl methyl sites for hydroxylation is 3. The average molecular weight is 273 g/mol. The number of benzene rings is 1. The number of carbonyl (C=O) groups is 1. The van der Waals surface area contributed by atoms with Crippen LogP contribution < -0.4 is 4.90 Å². The number of furan rings is 1. The lowest BCUT2D eigenvalue weighted by Crippen LogP contribution is -2.16. The minimum Gasteiger partial charge on any atom is -0.475 e. The molecule has 1 N–H and O–H groups in total. The highest BCUT2D eigenvalue weighted by atomic mass is 16.4. The van der Waals surface area contributed by atoms with Crippen LogP contribution in [0.5, 0.6) is 0 Å². The lowest BCUT2D eigenvalue weighted by atomic mass is 10.1. The van der Waals surface area contributed by atoms with Gasteiger partial charge in [0.2, 0.25) is 5.76 Å². The SMILES string of the molecule is Cc1cc(C)cc(N(C)Cc2cc(C)c(C(=O)O)o2)c1. The second-order valence-corrected chi connectivity index (χ2v) is 5.23. The zero-order chi connectivity index (χ0) is 14.9. The lowest BCUT2D eigenvalue weighted by Gasteiger charge is -2.19. The summed E-state index contributed by atoms with van der Waals surface area (Å²) in [5.41, 5.74) is 4.15. The van der Waals surface area contributed by atoms with Gasteiger partial charge in [-0.15, -0.1) is 0 Å². The first-order valence-electron chi connectivity index (χ1n) is 6.49. The van der Waals surface area contributed by atoms with E-state index in [1.807, 2.05) is 11.9 Å². The van der Waals surface area contributed by atoms with Crippen molar-refractivity contribution in [3.63, 3.8) is 0 Å². The molecule has 2 aromatic rings. The second-order valence-electron chi connectivity index (χ2n) is 5.23. The Hall–Kier alpha value is -2.23. The van der Waals surface area contributed by atoms with Crippen LogP contribution in [-0.4, -0.2) is 18.1 Å². The highest BCUT2D eigenvalue weighted by Gasteiger charge is 2.15. The normalized spacial score (nSPS) is 10.6. The molecule has 0 radical (unpaired) electrons. The van der Waals surface area contributed by atoms with E-state index in [1.165, 1.54) is 11.1 Å². The van der Waals surface area contributed by atoms with Crippen molar-refractivity contribution < 1.29 is 14.3 Å². The molecule has 4 heteroatoms. The zero-order valence-corrected chi connectivity index (χ0v) is 12.2. The molecule has 1 aromatic heterocycles. The summed E-state index contributed by atoms with van der Waals surface area (Å²) in [7, 11) is 1.96. The van der Waals surface area contributed by atoms with E-state index < -0.39 is 5.97 Å². The van der Waals surface area contributed by atoms with E-state index >= 15 is 0 Å². The molecule has 4 nitrogen and oxygen atoms in total. The van der Waals surface area contributed by atoms with Gasteiger partial charge in [-0.3, -0.25) is 0 Å². The molecule has 0 bridgehead atoms. The van der Waals surface area contributed by atoms with Crippen LogP contribution in [0.4, 0.5) is 5.69 Å². The maximum absolute atomic E-state index is 11.0. The van der Waals surface area contributed by atoms with E-state index in [0.29, 0.717) is 17.9 Å². The van der Waals surface area contributed by atoms with Crippen molar-refractivity contribution in [2.24, 2.45) is 0 Å². The summed E-state index contributed by atoms with van der Waals surface area (Å²) in [4.78, 5) is 13.0. The number of nitrogens with zero attached hydrogens (tertiary/aromatic N) is 1. The van der Waals surface area contributed by atoms with Gasteiger partial charge in [-0.25, -0.2) is 4.79 Å². The molecule has 0 atom stereocenters. The molecule has 20 heavy (non-hydrogen) atoms. The first-order valence-corrected chi connectivity index (χ1v) is 6.49. The Morgan fingerprint density at radius 3 is 2.25 bits per heavy atom. The van der Waals surface area contributed by atoms with Crippen LogP contribution >= 0.6 is 0 Å². The maximum atomic E-state index is 11.0. The van der Waals surface area contributed by atoms with Crippen LogP contribution in [0.3, 0.4) is 0 Å². The average Bonchev–Trinajstić information content (AvgIpc) is 2.69. The van der Waals surface area contributed by atoms with E-state index in [-0.39, 0.29) is 5.76 Å². The van der Waals surface area contributed by atoms with Crippen LogP contribution in [0.1, 0.15) is 33.0 Å². The minimum atomic E-state index is -1.03. The predicted octanol–water partition coefficient (Wildman–Crippen LogP) is 3.54. The quantitative estimate of drug-likeness (QED) is 0.925. The number of carboxylic acids is 1. The molecular formula is C16H19NO3. The fourth-order valence-corrected chi connectivity index (χ4v) is 2.33. The summed E-state index contributed by atoms with van der Waals surface area (Å²) in [5.74, 6) is -0.349. The van der Waals surface area contributed by atoms with E-state index in [2.05, 4.69) is 32.0 Å². The fourth-order valence-electron chi connectivity index (χ4n) is 2.33. The van der Waals surface area contributed by atoms with Gasteiger partial charge in [0.15, 0.2) is 0 Å². The third-order valence-corrected chi connectivity index (χ3v) is 3.20. The largest absolute Gasteiger partial charge is 0.475 e. The van der Waals surface area contributed by atoms with Crippen LogP contribution in [0.2, 0.25) is 0 Å². The van der Waals surface area contributed by atoms with Crippen molar-refractivity contribution >= 4 is 11.7 Å². The van der Waals surface area contributed by atoms with Crippen LogP contribution in [0, 0.1) is 20.8 Å². The van der Waals surface area contributed by atoms with E-state index in [0.717, 1.165) is 5.69 Å². The number of hydrogen-bond donors (Lipinski definition) is 1. The van der Waals surface area contributed by atoms with E-state index in [9.17, 15) is 4.79 Å². The van der Waals surface area contributed by atoms with Gasteiger partial charge in [0, 0.05) is 18.3 Å². The fraction of sp³-hybridized carbons (Fsp3) is 0.312. The third kappa shape index (κ3) is 3.02. The highest BCUT2D eigenvalue weighted by Crippen LogP contribution is 2.21. The molecule has 2 rings (SSSR count). The standard InChI is InChI=1S/C16H19NO3/c1-10-5-11(2)7-13(6-10)17(4)9-14-8-12(3)15(20-14)16(18)19/h5-8H,9H2,1-4H3,(H,18,19). The molecule has 0 aliphatic carbocycles. The molecule has 0 amide bonds. The van der Waals surface area contributed by atoms with Crippen molar-refractivity contribution in [3.05, 3.63) is 52.5 Å².